The molecule has 0 radical (unpaired) electrons. The lowest BCUT2D eigenvalue weighted by Crippen LogP contribution is -2.39. The standard InChI is InChI=1S/C12H23N/c1-12(2,3)8-9-6-10-4-5-11(7-9)13-10/h9-11,13H,4-8H2,1-3H3/t9-,10+,11-. The van der Waals surface area contributed by atoms with Crippen LogP contribution in [0.25, 0.3) is 0 Å². The van der Waals surface area contributed by atoms with Crippen LogP contribution in [0.5, 0.6) is 0 Å². The molecule has 76 valence electrons. The van der Waals surface area contributed by atoms with E-state index in [1.165, 1.54) is 32.1 Å². The molecule has 3 atom stereocenters. The Morgan fingerprint density at radius 1 is 1.08 bits per heavy atom. The van der Waals surface area contributed by atoms with E-state index in [1.54, 1.807) is 0 Å². The summed E-state index contributed by atoms with van der Waals surface area (Å²) in [6.45, 7) is 7.12. The second kappa shape index (κ2) is 3.27. The minimum Gasteiger partial charge on any atom is -0.311 e. The molecule has 2 bridgehead atoms. The van der Waals surface area contributed by atoms with Crippen molar-refractivity contribution in [1.82, 2.24) is 5.32 Å². The lowest BCUT2D eigenvalue weighted by molar-refractivity contribution is 0.215. The van der Waals surface area contributed by atoms with Gasteiger partial charge < -0.3 is 5.32 Å². The van der Waals surface area contributed by atoms with Gasteiger partial charge in [0.05, 0.1) is 0 Å². The molecule has 0 aromatic rings. The second-order valence-electron chi connectivity index (χ2n) is 6.24. The molecule has 0 aliphatic carbocycles. The molecule has 0 spiro atoms. The number of hydrogen-bond donors (Lipinski definition) is 1. The van der Waals surface area contributed by atoms with Gasteiger partial charge in [0.1, 0.15) is 0 Å². The highest BCUT2D eigenvalue weighted by Crippen LogP contribution is 2.37. The molecule has 1 N–H and O–H groups in total. The molecule has 1 nitrogen and oxygen atoms in total. The number of rotatable bonds is 1. The van der Waals surface area contributed by atoms with Crippen molar-refractivity contribution in [2.45, 2.75) is 65.0 Å². The molecule has 0 saturated carbocycles. The molecule has 2 fully saturated rings. The van der Waals surface area contributed by atoms with E-state index in [2.05, 4.69) is 26.1 Å². The fraction of sp³-hybridized carbons (Fsp3) is 1.00. The smallest absolute Gasteiger partial charge is 0.00728 e. The van der Waals surface area contributed by atoms with Crippen molar-refractivity contribution in [1.29, 1.82) is 0 Å². The lowest BCUT2D eigenvalue weighted by Gasteiger charge is -2.33. The first-order valence-electron chi connectivity index (χ1n) is 5.79. The molecule has 0 aromatic carbocycles. The Morgan fingerprint density at radius 2 is 1.62 bits per heavy atom. The van der Waals surface area contributed by atoms with E-state index in [1.807, 2.05) is 0 Å². The van der Waals surface area contributed by atoms with Crippen LogP contribution in [-0.2, 0) is 0 Å². The highest BCUT2D eigenvalue weighted by Gasteiger charge is 2.34. The van der Waals surface area contributed by atoms with Gasteiger partial charge >= 0.3 is 0 Å². The average Bonchev–Trinajstić information content (AvgIpc) is 2.27. The third-order valence-corrected chi connectivity index (χ3v) is 3.47. The first-order chi connectivity index (χ1) is 6.03. The summed E-state index contributed by atoms with van der Waals surface area (Å²) in [6.07, 6.45) is 7.17. The van der Waals surface area contributed by atoms with Crippen LogP contribution in [-0.4, -0.2) is 12.1 Å². The van der Waals surface area contributed by atoms with Crippen molar-refractivity contribution in [2.75, 3.05) is 0 Å². The predicted octanol–water partition coefficient (Wildman–Crippen LogP) is 2.95. The number of hydrogen-bond acceptors (Lipinski definition) is 1. The minimum absolute atomic E-state index is 0.529. The van der Waals surface area contributed by atoms with Gasteiger partial charge in [0.25, 0.3) is 0 Å². The van der Waals surface area contributed by atoms with Gasteiger partial charge in [0, 0.05) is 12.1 Å². The lowest BCUT2D eigenvalue weighted by atomic mass is 9.79. The molecule has 2 aliphatic rings. The molecule has 0 aromatic heterocycles. The van der Waals surface area contributed by atoms with E-state index in [4.69, 9.17) is 0 Å². The van der Waals surface area contributed by atoms with Gasteiger partial charge in [-0.05, 0) is 43.4 Å². The van der Waals surface area contributed by atoms with Crippen LogP contribution in [0.2, 0.25) is 0 Å². The normalized spacial score (nSPS) is 39.5. The molecule has 2 aliphatic heterocycles. The van der Waals surface area contributed by atoms with Gasteiger partial charge in [-0.15, -0.1) is 0 Å². The van der Waals surface area contributed by atoms with Gasteiger partial charge in [-0.3, -0.25) is 0 Å². The van der Waals surface area contributed by atoms with Gasteiger partial charge in [0.15, 0.2) is 0 Å². The summed E-state index contributed by atoms with van der Waals surface area (Å²) in [5, 5.41) is 3.71. The highest BCUT2D eigenvalue weighted by atomic mass is 15.0. The van der Waals surface area contributed by atoms with Crippen LogP contribution in [0.15, 0.2) is 0 Å². The zero-order valence-electron chi connectivity index (χ0n) is 9.27. The van der Waals surface area contributed by atoms with E-state index in [0.29, 0.717) is 5.41 Å². The summed E-state index contributed by atoms with van der Waals surface area (Å²) < 4.78 is 0. The average molecular weight is 181 g/mol. The second-order valence-corrected chi connectivity index (χ2v) is 6.24. The van der Waals surface area contributed by atoms with Gasteiger partial charge in [-0.25, -0.2) is 0 Å². The quantitative estimate of drug-likeness (QED) is 0.656. The van der Waals surface area contributed by atoms with Crippen LogP contribution >= 0.6 is 0 Å². The fourth-order valence-corrected chi connectivity index (χ4v) is 3.21. The first-order valence-corrected chi connectivity index (χ1v) is 5.79. The summed E-state index contributed by atoms with van der Waals surface area (Å²) in [5.41, 5.74) is 0.529. The largest absolute Gasteiger partial charge is 0.311 e. The Hall–Kier alpha value is -0.0400. The number of piperidine rings is 1. The molecule has 2 heterocycles. The molecule has 2 saturated heterocycles. The molecule has 13 heavy (non-hydrogen) atoms. The molecular formula is C12H23N. The maximum Gasteiger partial charge on any atom is 0.00728 e. The summed E-state index contributed by atoms with van der Waals surface area (Å²) in [6, 6.07) is 1.73. The van der Waals surface area contributed by atoms with E-state index in [9.17, 15) is 0 Å². The maximum absolute atomic E-state index is 3.71. The third-order valence-electron chi connectivity index (χ3n) is 3.47. The van der Waals surface area contributed by atoms with Crippen molar-refractivity contribution < 1.29 is 0 Å². The van der Waals surface area contributed by atoms with Crippen molar-refractivity contribution >= 4 is 0 Å². The van der Waals surface area contributed by atoms with Crippen LogP contribution < -0.4 is 5.32 Å². The number of fused-ring (bicyclic) bond motifs is 2. The topological polar surface area (TPSA) is 12.0 Å². The van der Waals surface area contributed by atoms with E-state index in [-0.39, 0.29) is 0 Å². The summed E-state index contributed by atoms with van der Waals surface area (Å²) in [7, 11) is 0. The Balaban J connectivity index is 1.88. The van der Waals surface area contributed by atoms with Crippen LogP contribution in [0.4, 0.5) is 0 Å². The van der Waals surface area contributed by atoms with Crippen molar-refractivity contribution in [2.24, 2.45) is 11.3 Å². The van der Waals surface area contributed by atoms with Crippen molar-refractivity contribution in [3.05, 3.63) is 0 Å². The molecule has 2 rings (SSSR count). The van der Waals surface area contributed by atoms with E-state index < -0.39 is 0 Å². The Labute approximate surface area is 82.3 Å². The Morgan fingerprint density at radius 3 is 2.08 bits per heavy atom. The first kappa shape index (κ1) is 9.51. The van der Waals surface area contributed by atoms with E-state index >= 15 is 0 Å². The third kappa shape index (κ3) is 2.46. The molecule has 1 heteroatoms. The summed E-state index contributed by atoms with van der Waals surface area (Å²) >= 11 is 0. The zero-order chi connectivity index (χ0) is 9.47. The van der Waals surface area contributed by atoms with Gasteiger partial charge in [0.2, 0.25) is 0 Å². The zero-order valence-corrected chi connectivity index (χ0v) is 9.27. The Bertz CT molecular complexity index is 168. The van der Waals surface area contributed by atoms with Crippen LogP contribution in [0, 0.1) is 11.3 Å². The van der Waals surface area contributed by atoms with Crippen molar-refractivity contribution in [3.63, 3.8) is 0 Å². The van der Waals surface area contributed by atoms with Gasteiger partial charge in [-0.2, -0.15) is 0 Å². The maximum atomic E-state index is 3.71. The Kier molecular flexibility index (Phi) is 2.39. The summed E-state index contributed by atoms with van der Waals surface area (Å²) in [5.74, 6) is 0.999. The number of nitrogens with one attached hydrogen (secondary N) is 1. The van der Waals surface area contributed by atoms with Crippen LogP contribution in [0.1, 0.15) is 52.9 Å². The minimum atomic E-state index is 0.529. The molecule has 0 amide bonds. The summed E-state index contributed by atoms with van der Waals surface area (Å²) in [4.78, 5) is 0. The monoisotopic (exact) mass is 181 g/mol. The van der Waals surface area contributed by atoms with Gasteiger partial charge in [-0.1, -0.05) is 20.8 Å². The SMILES string of the molecule is CC(C)(C)C[C@H]1C[C@H]2CC[C@@H](C1)N2. The van der Waals surface area contributed by atoms with Crippen molar-refractivity contribution in [3.8, 4) is 0 Å². The predicted molar refractivity (Wildman–Crippen MR) is 56.7 cm³/mol. The van der Waals surface area contributed by atoms with Crippen LogP contribution in [0.3, 0.4) is 0 Å². The fourth-order valence-electron chi connectivity index (χ4n) is 3.21. The molecule has 0 unspecified atom stereocenters. The molecular weight excluding hydrogens is 158 g/mol. The highest BCUT2D eigenvalue weighted by molar-refractivity contribution is 4.92. The van der Waals surface area contributed by atoms with E-state index in [0.717, 1.165) is 18.0 Å².